The van der Waals surface area contributed by atoms with Gasteiger partial charge in [0.1, 0.15) is 0 Å². The maximum atomic E-state index is 12.0. The van der Waals surface area contributed by atoms with Crippen molar-refractivity contribution in [2.75, 3.05) is 19.0 Å². The van der Waals surface area contributed by atoms with Gasteiger partial charge in [0, 0.05) is 0 Å². The highest BCUT2D eigenvalue weighted by Gasteiger charge is 2.47. The summed E-state index contributed by atoms with van der Waals surface area (Å²) in [5, 5.41) is 13.2. The lowest BCUT2D eigenvalue weighted by molar-refractivity contribution is -0.141. The first-order chi connectivity index (χ1) is 10.8. The van der Waals surface area contributed by atoms with Gasteiger partial charge in [-0.15, -0.1) is 0 Å². The minimum absolute atomic E-state index is 0.215. The van der Waals surface area contributed by atoms with E-state index < -0.39 is 27.9 Å². The Morgan fingerprint density at radius 1 is 1.13 bits per heavy atom. The average Bonchev–Trinajstić information content (AvgIpc) is 2.48. The van der Waals surface area contributed by atoms with Crippen LogP contribution >= 0.6 is 0 Å². The summed E-state index contributed by atoms with van der Waals surface area (Å²) in [7, 11) is -3.92. The lowest BCUT2D eigenvalue weighted by Crippen LogP contribution is -2.62. The zero-order valence-corrected chi connectivity index (χ0v) is 13.5. The smallest absolute Gasteiger partial charge is 0.267 e. The van der Waals surface area contributed by atoms with Gasteiger partial charge < -0.3 is 15.7 Å². The standard InChI is InChI=1S/C12H14N2O2.C2H6O4S/c1-2-12(9-6-4-3-5-7-9)10(15)13-8-14-11(12)16;3-1-2-7(4,5)6/h3-7H,2,8H2,1H3,(H,13,15)(H,14,16);3H,1-2H2,(H,4,5,6). The molecule has 1 aromatic rings. The number of aliphatic hydroxyl groups is 1. The molecule has 23 heavy (non-hydrogen) atoms. The largest absolute Gasteiger partial charge is 0.395 e. The zero-order valence-electron chi connectivity index (χ0n) is 12.7. The van der Waals surface area contributed by atoms with Crippen molar-refractivity contribution < 1.29 is 27.7 Å². The predicted molar refractivity (Wildman–Crippen MR) is 83.1 cm³/mol. The third-order valence-corrected chi connectivity index (χ3v) is 4.12. The first kappa shape index (κ1) is 19.1. The number of nitrogens with one attached hydrogen (secondary N) is 2. The normalized spacial score (nSPS) is 16.7. The molecule has 0 spiro atoms. The highest BCUT2D eigenvalue weighted by Crippen LogP contribution is 2.29. The summed E-state index contributed by atoms with van der Waals surface area (Å²) in [5.41, 5.74) is -0.327. The van der Waals surface area contributed by atoms with Gasteiger partial charge in [0.2, 0.25) is 11.8 Å². The molecule has 0 bridgehead atoms. The predicted octanol–water partition coefficient (Wildman–Crippen LogP) is -0.596. The summed E-state index contributed by atoms with van der Waals surface area (Å²) >= 11 is 0. The third kappa shape index (κ3) is 4.75. The van der Waals surface area contributed by atoms with Crippen LogP contribution in [-0.4, -0.2) is 48.9 Å². The van der Waals surface area contributed by atoms with Crippen molar-refractivity contribution in [2.24, 2.45) is 0 Å². The van der Waals surface area contributed by atoms with Crippen LogP contribution in [0.3, 0.4) is 0 Å². The minimum atomic E-state index is -3.92. The summed E-state index contributed by atoms with van der Waals surface area (Å²) in [6, 6.07) is 9.16. The van der Waals surface area contributed by atoms with E-state index in [0.717, 1.165) is 5.56 Å². The molecule has 2 amide bonds. The molecule has 9 heteroatoms. The van der Waals surface area contributed by atoms with E-state index in [9.17, 15) is 18.0 Å². The summed E-state index contributed by atoms with van der Waals surface area (Å²) in [6.07, 6.45) is 0.453. The Balaban J connectivity index is 0.000000322. The number of carbonyl (C=O) groups excluding carboxylic acids is 2. The van der Waals surface area contributed by atoms with Crippen LogP contribution < -0.4 is 10.6 Å². The van der Waals surface area contributed by atoms with Gasteiger partial charge in [-0.1, -0.05) is 37.3 Å². The van der Waals surface area contributed by atoms with E-state index in [4.69, 9.17) is 9.66 Å². The first-order valence-electron chi connectivity index (χ1n) is 6.96. The Labute approximate surface area is 134 Å². The summed E-state index contributed by atoms with van der Waals surface area (Å²) in [6.45, 7) is 1.53. The van der Waals surface area contributed by atoms with Gasteiger partial charge in [0.15, 0.2) is 5.41 Å². The van der Waals surface area contributed by atoms with E-state index in [0.29, 0.717) is 6.42 Å². The van der Waals surface area contributed by atoms with E-state index in [1.54, 1.807) is 0 Å². The van der Waals surface area contributed by atoms with Gasteiger partial charge in [-0.3, -0.25) is 14.1 Å². The lowest BCUT2D eigenvalue weighted by Gasteiger charge is -2.34. The van der Waals surface area contributed by atoms with Gasteiger partial charge in [0.05, 0.1) is 19.0 Å². The third-order valence-electron chi connectivity index (χ3n) is 3.42. The summed E-state index contributed by atoms with van der Waals surface area (Å²) in [4.78, 5) is 24.0. The van der Waals surface area contributed by atoms with Crippen molar-refractivity contribution >= 4 is 21.9 Å². The Hall–Kier alpha value is -1.97. The molecule has 1 saturated heterocycles. The molecule has 0 aromatic heterocycles. The molecule has 2 rings (SSSR count). The molecule has 1 aromatic carbocycles. The maximum absolute atomic E-state index is 12.0. The number of carbonyl (C=O) groups is 2. The van der Waals surface area contributed by atoms with Crippen LogP contribution in [-0.2, 0) is 25.1 Å². The Kier molecular flexibility index (Phi) is 6.67. The van der Waals surface area contributed by atoms with Crippen LogP contribution in [0.4, 0.5) is 0 Å². The Morgan fingerprint density at radius 3 is 2.00 bits per heavy atom. The van der Waals surface area contributed by atoms with Crippen LogP contribution in [0.15, 0.2) is 30.3 Å². The molecule has 1 fully saturated rings. The van der Waals surface area contributed by atoms with E-state index in [2.05, 4.69) is 10.6 Å². The van der Waals surface area contributed by atoms with Crippen molar-refractivity contribution in [3.63, 3.8) is 0 Å². The van der Waals surface area contributed by atoms with E-state index in [1.165, 1.54) is 0 Å². The quantitative estimate of drug-likeness (QED) is 0.426. The number of amides is 2. The van der Waals surface area contributed by atoms with Crippen LogP contribution in [0.5, 0.6) is 0 Å². The number of hydrogen-bond donors (Lipinski definition) is 4. The fourth-order valence-electron chi connectivity index (χ4n) is 2.24. The zero-order chi connectivity index (χ0) is 17.5. The molecule has 0 unspecified atom stereocenters. The number of rotatable bonds is 4. The second kappa shape index (κ2) is 8.04. The summed E-state index contributed by atoms with van der Waals surface area (Å²) < 4.78 is 27.1. The van der Waals surface area contributed by atoms with Crippen LogP contribution in [0, 0.1) is 0 Å². The second-order valence-corrected chi connectivity index (χ2v) is 6.40. The SMILES string of the molecule is CCC1(c2ccccc2)C(=O)NCNC1=O.O=S(=O)(O)CCO. The molecule has 1 aliphatic heterocycles. The van der Waals surface area contributed by atoms with Crippen LogP contribution in [0.1, 0.15) is 18.9 Å². The highest BCUT2D eigenvalue weighted by molar-refractivity contribution is 7.85. The van der Waals surface area contributed by atoms with Crippen molar-refractivity contribution in [3.8, 4) is 0 Å². The number of hydrogen-bond acceptors (Lipinski definition) is 5. The number of benzene rings is 1. The lowest BCUT2D eigenvalue weighted by atomic mass is 9.75. The van der Waals surface area contributed by atoms with Gasteiger partial charge in [-0.05, 0) is 12.0 Å². The molecule has 8 nitrogen and oxygen atoms in total. The minimum Gasteiger partial charge on any atom is -0.395 e. The highest BCUT2D eigenvalue weighted by atomic mass is 32.2. The van der Waals surface area contributed by atoms with E-state index in [-0.39, 0.29) is 18.5 Å². The molecular formula is C14H20N2O6S. The van der Waals surface area contributed by atoms with Gasteiger partial charge in [0.25, 0.3) is 10.1 Å². The summed E-state index contributed by atoms with van der Waals surface area (Å²) in [5.74, 6) is -1.01. The first-order valence-corrected chi connectivity index (χ1v) is 8.57. The fraction of sp³-hybridized carbons (Fsp3) is 0.429. The Bertz CT molecular complexity index is 628. The molecule has 0 atom stereocenters. The number of aliphatic hydroxyl groups excluding tert-OH is 1. The maximum Gasteiger partial charge on any atom is 0.267 e. The second-order valence-electron chi connectivity index (χ2n) is 4.82. The van der Waals surface area contributed by atoms with Crippen molar-refractivity contribution in [1.29, 1.82) is 0 Å². The van der Waals surface area contributed by atoms with E-state index >= 15 is 0 Å². The molecule has 0 saturated carbocycles. The molecular weight excluding hydrogens is 324 g/mol. The van der Waals surface area contributed by atoms with E-state index in [1.807, 2.05) is 37.3 Å². The van der Waals surface area contributed by atoms with Gasteiger partial charge in [-0.2, -0.15) is 8.42 Å². The van der Waals surface area contributed by atoms with Crippen molar-refractivity contribution in [1.82, 2.24) is 10.6 Å². The van der Waals surface area contributed by atoms with Crippen LogP contribution in [0.2, 0.25) is 0 Å². The monoisotopic (exact) mass is 344 g/mol. The van der Waals surface area contributed by atoms with Gasteiger partial charge >= 0.3 is 0 Å². The van der Waals surface area contributed by atoms with Gasteiger partial charge in [-0.25, -0.2) is 0 Å². The van der Waals surface area contributed by atoms with Crippen molar-refractivity contribution in [2.45, 2.75) is 18.8 Å². The Morgan fingerprint density at radius 2 is 1.65 bits per heavy atom. The van der Waals surface area contributed by atoms with Crippen molar-refractivity contribution in [3.05, 3.63) is 35.9 Å². The molecule has 128 valence electrons. The molecule has 1 heterocycles. The topological polar surface area (TPSA) is 133 Å². The molecule has 1 aliphatic rings. The average molecular weight is 344 g/mol. The molecule has 4 N–H and O–H groups in total. The fourth-order valence-corrected chi connectivity index (χ4v) is 2.47. The molecule has 0 radical (unpaired) electrons. The molecule has 0 aliphatic carbocycles. The van der Waals surface area contributed by atoms with Crippen LogP contribution in [0.25, 0.3) is 0 Å².